The van der Waals surface area contributed by atoms with Crippen LogP contribution in [0.15, 0.2) is 18.6 Å². The van der Waals surface area contributed by atoms with E-state index >= 15 is 0 Å². The molecular formula is C17H23N5O2S. The first-order valence-electron chi connectivity index (χ1n) is 8.42. The second-order valence-electron chi connectivity index (χ2n) is 6.31. The van der Waals surface area contributed by atoms with Gasteiger partial charge in [-0.1, -0.05) is 0 Å². The van der Waals surface area contributed by atoms with Crippen LogP contribution in [0.25, 0.3) is 0 Å². The molecule has 0 unspecified atom stereocenters. The first-order chi connectivity index (χ1) is 12.1. The topological polar surface area (TPSA) is 80.2 Å². The number of carbonyl (C=O) groups excluding carboxylic acids is 1. The first kappa shape index (κ1) is 17.8. The third kappa shape index (κ3) is 5.20. The standard InChI is InChI=1S/C17H23N5O2S/c1-12(23)20-17-19-8-15(25-17)11-22-5-3-4-13(10-22)6-14-7-18-9-16(21-14)24-2/h7-9,13H,3-6,10-11H2,1-2H3,(H,19,20,23)/t13-/m0/s1. The van der Waals surface area contributed by atoms with Crippen molar-refractivity contribution < 1.29 is 9.53 Å². The zero-order chi connectivity index (χ0) is 17.6. The number of anilines is 1. The van der Waals surface area contributed by atoms with E-state index in [0.717, 1.165) is 31.7 Å². The van der Waals surface area contributed by atoms with Crippen LogP contribution in [0.3, 0.4) is 0 Å². The Labute approximate surface area is 151 Å². The number of hydrogen-bond donors (Lipinski definition) is 1. The minimum Gasteiger partial charge on any atom is -0.480 e. The smallest absolute Gasteiger partial charge is 0.232 e. The van der Waals surface area contributed by atoms with E-state index in [1.165, 1.54) is 24.6 Å². The van der Waals surface area contributed by atoms with Crippen LogP contribution < -0.4 is 10.1 Å². The van der Waals surface area contributed by atoms with E-state index in [4.69, 9.17) is 4.74 Å². The molecule has 1 fully saturated rings. The lowest BCUT2D eigenvalue weighted by molar-refractivity contribution is -0.114. The number of piperidine rings is 1. The molecule has 0 aliphatic carbocycles. The van der Waals surface area contributed by atoms with Crippen molar-refractivity contribution in [2.75, 3.05) is 25.5 Å². The van der Waals surface area contributed by atoms with Crippen molar-refractivity contribution in [2.45, 2.75) is 32.7 Å². The summed E-state index contributed by atoms with van der Waals surface area (Å²) in [5, 5.41) is 3.41. The summed E-state index contributed by atoms with van der Waals surface area (Å²) in [5.41, 5.74) is 0.983. The average Bonchev–Trinajstić information content (AvgIpc) is 3.01. The molecule has 1 N–H and O–H groups in total. The quantitative estimate of drug-likeness (QED) is 0.851. The number of amides is 1. The van der Waals surface area contributed by atoms with Gasteiger partial charge >= 0.3 is 0 Å². The number of nitrogens with zero attached hydrogens (tertiary/aromatic N) is 4. The van der Waals surface area contributed by atoms with E-state index in [9.17, 15) is 4.79 Å². The van der Waals surface area contributed by atoms with Gasteiger partial charge in [0.05, 0.1) is 19.0 Å². The highest BCUT2D eigenvalue weighted by atomic mass is 32.1. The van der Waals surface area contributed by atoms with Gasteiger partial charge in [0.15, 0.2) is 5.13 Å². The lowest BCUT2D eigenvalue weighted by atomic mass is 9.93. The van der Waals surface area contributed by atoms with Crippen LogP contribution in [0.1, 0.15) is 30.3 Å². The van der Waals surface area contributed by atoms with Crippen LogP contribution in [0, 0.1) is 5.92 Å². The Hall–Kier alpha value is -2.06. The predicted molar refractivity (Wildman–Crippen MR) is 96.7 cm³/mol. The number of hydrogen-bond acceptors (Lipinski definition) is 7. The van der Waals surface area contributed by atoms with E-state index in [0.29, 0.717) is 16.9 Å². The monoisotopic (exact) mass is 361 g/mol. The molecule has 2 aromatic rings. The summed E-state index contributed by atoms with van der Waals surface area (Å²) in [5.74, 6) is 1.05. The van der Waals surface area contributed by atoms with E-state index in [1.807, 2.05) is 12.4 Å². The molecule has 1 atom stereocenters. The Morgan fingerprint density at radius 2 is 2.32 bits per heavy atom. The van der Waals surface area contributed by atoms with Gasteiger partial charge in [-0.2, -0.15) is 0 Å². The van der Waals surface area contributed by atoms with Crippen LogP contribution in [0.2, 0.25) is 0 Å². The Balaban J connectivity index is 1.55. The van der Waals surface area contributed by atoms with Crippen molar-refractivity contribution >= 4 is 22.4 Å². The number of carbonyl (C=O) groups is 1. The molecule has 3 heterocycles. The maximum Gasteiger partial charge on any atom is 0.232 e. The van der Waals surface area contributed by atoms with Gasteiger partial charge in [-0.25, -0.2) is 9.97 Å². The predicted octanol–water partition coefficient (Wildman–Crippen LogP) is 2.35. The number of ether oxygens (including phenoxy) is 1. The Kier molecular flexibility index (Phi) is 5.93. The molecule has 2 aromatic heterocycles. The average molecular weight is 361 g/mol. The van der Waals surface area contributed by atoms with Crippen molar-refractivity contribution in [3.8, 4) is 5.88 Å². The van der Waals surface area contributed by atoms with Gasteiger partial charge in [-0.3, -0.25) is 14.7 Å². The molecule has 3 rings (SSSR count). The Morgan fingerprint density at radius 3 is 3.12 bits per heavy atom. The van der Waals surface area contributed by atoms with Crippen LogP contribution in [-0.2, 0) is 17.8 Å². The lowest BCUT2D eigenvalue weighted by Crippen LogP contribution is -2.35. The maximum atomic E-state index is 11.1. The van der Waals surface area contributed by atoms with E-state index in [-0.39, 0.29) is 5.91 Å². The molecule has 134 valence electrons. The summed E-state index contributed by atoms with van der Waals surface area (Å²) < 4.78 is 5.15. The number of nitrogens with one attached hydrogen (secondary N) is 1. The van der Waals surface area contributed by atoms with Gasteiger partial charge in [0.2, 0.25) is 11.8 Å². The van der Waals surface area contributed by atoms with Crippen LogP contribution in [0.5, 0.6) is 5.88 Å². The van der Waals surface area contributed by atoms with Gasteiger partial charge < -0.3 is 10.1 Å². The van der Waals surface area contributed by atoms with Gasteiger partial charge in [0, 0.05) is 37.3 Å². The SMILES string of the molecule is COc1cncc(C[C@@H]2CCCN(Cc3cnc(NC(C)=O)s3)C2)n1. The highest BCUT2D eigenvalue weighted by Crippen LogP contribution is 2.25. The van der Waals surface area contributed by atoms with Crippen LogP contribution >= 0.6 is 11.3 Å². The van der Waals surface area contributed by atoms with E-state index < -0.39 is 0 Å². The number of rotatable bonds is 6. The fourth-order valence-electron chi connectivity index (χ4n) is 3.15. The van der Waals surface area contributed by atoms with Crippen molar-refractivity contribution in [1.82, 2.24) is 19.9 Å². The number of aromatic nitrogens is 3. The molecule has 7 nitrogen and oxygen atoms in total. The van der Waals surface area contributed by atoms with Gasteiger partial charge in [-0.05, 0) is 31.7 Å². The van der Waals surface area contributed by atoms with Gasteiger partial charge in [0.25, 0.3) is 0 Å². The van der Waals surface area contributed by atoms with Gasteiger partial charge in [-0.15, -0.1) is 11.3 Å². The van der Waals surface area contributed by atoms with Crippen LogP contribution in [0.4, 0.5) is 5.13 Å². The van der Waals surface area contributed by atoms with Crippen molar-refractivity contribution in [2.24, 2.45) is 5.92 Å². The zero-order valence-corrected chi connectivity index (χ0v) is 15.4. The molecule has 1 aliphatic rings. The number of methoxy groups -OCH3 is 1. The molecule has 1 aliphatic heterocycles. The minimum absolute atomic E-state index is 0.0849. The molecular weight excluding hydrogens is 338 g/mol. The number of thiazole rings is 1. The summed E-state index contributed by atoms with van der Waals surface area (Å²) in [6.45, 7) is 4.50. The Bertz CT molecular complexity index is 721. The number of likely N-dealkylation sites (tertiary alicyclic amines) is 1. The fourth-order valence-corrected chi connectivity index (χ4v) is 4.05. The maximum absolute atomic E-state index is 11.1. The van der Waals surface area contributed by atoms with E-state index in [2.05, 4.69) is 25.2 Å². The molecule has 1 amide bonds. The molecule has 25 heavy (non-hydrogen) atoms. The molecule has 0 saturated carbocycles. The minimum atomic E-state index is -0.0849. The third-order valence-corrected chi connectivity index (χ3v) is 5.09. The molecule has 1 saturated heterocycles. The normalized spacial score (nSPS) is 18.1. The lowest BCUT2D eigenvalue weighted by Gasteiger charge is -2.32. The molecule has 0 bridgehead atoms. The third-order valence-electron chi connectivity index (χ3n) is 4.19. The summed E-state index contributed by atoms with van der Waals surface area (Å²) >= 11 is 1.54. The van der Waals surface area contributed by atoms with E-state index in [1.54, 1.807) is 24.6 Å². The Morgan fingerprint density at radius 1 is 1.44 bits per heavy atom. The molecule has 0 aromatic carbocycles. The highest BCUT2D eigenvalue weighted by molar-refractivity contribution is 7.15. The van der Waals surface area contributed by atoms with Crippen molar-refractivity contribution in [3.05, 3.63) is 29.2 Å². The second-order valence-corrected chi connectivity index (χ2v) is 7.43. The summed E-state index contributed by atoms with van der Waals surface area (Å²) in [6.07, 6.45) is 8.61. The zero-order valence-electron chi connectivity index (χ0n) is 14.6. The summed E-state index contributed by atoms with van der Waals surface area (Å²) in [7, 11) is 1.61. The van der Waals surface area contributed by atoms with Crippen molar-refractivity contribution in [1.29, 1.82) is 0 Å². The van der Waals surface area contributed by atoms with Crippen LogP contribution in [-0.4, -0.2) is 46.0 Å². The molecule has 8 heteroatoms. The largest absolute Gasteiger partial charge is 0.480 e. The molecule has 0 radical (unpaired) electrons. The highest BCUT2D eigenvalue weighted by Gasteiger charge is 2.21. The second kappa shape index (κ2) is 8.35. The first-order valence-corrected chi connectivity index (χ1v) is 9.23. The van der Waals surface area contributed by atoms with Crippen molar-refractivity contribution in [3.63, 3.8) is 0 Å². The summed E-state index contributed by atoms with van der Waals surface area (Å²) in [4.78, 5) is 27.6. The summed E-state index contributed by atoms with van der Waals surface area (Å²) in [6, 6.07) is 0. The molecule has 0 spiro atoms. The van der Waals surface area contributed by atoms with Gasteiger partial charge in [0.1, 0.15) is 0 Å². The fraction of sp³-hybridized carbons (Fsp3) is 0.529.